The molecule has 2 fully saturated rings. The van der Waals surface area contributed by atoms with Crippen LogP contribution in [0.15, 0.2) is 0 Å². The number of ether oxygens (including phenoxy) is 4. The molecule has 5 atom stereocenters. The Morgan fingerprint density at radius 3 is 2.71 bits per heavy atom. The second kappa shape index (κ2) is 5.51. The summed E-state index contributed by atoms with van der Waals surface area (Å²) in [4.78, 5) is 11.6. The lowest BCUT2D eigenvalue weighted by atomic mass is 9.89. The number of fused-ring (bicyclic) bond motifs is 1. The standard InChI is InChI=1S/C13H20N2O6/c1-7(10(17)18-4)15-13(6-14)8(5-16)19-11-9(13)20-12(2,3)21-11/h7-9,11,15-16H,5H2,1-4H3/t7-,8+,9-,11+,13+/m0/s1. The van der Waals surface area contributed by atoms with Gasteiger partial charge in [0.15, 0.2) is 17.6 Å². The molecule has 2 saturated heterocycles. The summed E-state index contributed by atoms with van der Waals surface area (Å²) in [5, 5.41) is 22.0. The van der Waals surface area contributed by atoms with Crippen LogP contribution in [0, 0.1) is 11.3 Å². The highest BCUT2D eigenvalue weighted by molar-refractivity contribution is 5.75. The number of hydrogen-bond acceptors (Lipinski definition) is 8. The highest BCUT2D eigenvalue weighted by Crippen LogP contribution is 2.43. The Hall–Kier alpha value is -1.24. The fourth-order valence-electron chi connectivity index (χ4n) is 2.71. The average molecular weight is 300 g/mol. The Bertz CT molecular complexity index is 462. The molecule has 2 rings (SSSR count). The normalized spacial score (nSPS) is 38.6. The van der Waals surface area contributed by atoms with Crippen molar-refractivity contribution in [2.75, 3.05) is 13.7 Å². The van der Waals surface area contributed by atoms with Crippen molar-refractivity contribution in [1.82, 2.24) is 5.32 Å². The second-order valence-corrected chi connectivity index (χ2v) is 5.60. The number of hydrogen-bond donors (Lipinski definition) is 2. The number of rotatable bonds is 4. The fraction of sp³-hybridized carbons (Fsp3) is 0.846. The first kappa shape index (κ1) is 16.1. The third-order valence-corrected chi connectivity index (χ3v) is 3.67. The predicted molar refractivity (Wildman–Crippen MR) is 68.7 cm³/mol. The van der Waals surface area contributed by atoms with Gasteiger partial charge in [-0.3, -0.25) is 10.1 Å². The van der Waals surface area contributed by atoms with Gasteiger partial charge in [0, 0.05) is 0 Å². The molecule has 0 aromatic heterocycles. The van der Waals surface area contributed by atoms with E-state index in [1.807, 2.05) is 0 Å². The number of nitrogens with zero attached hydrogens (tertiary/aromatic N) is 1. The van der Waals surface area contributed by atoms with E-state index < -0.39 is 48.4 Å². The van der Waals surface area contributed by atoms with Crippen LogP contribution in [0.1, 0.15) is 20.8 Å². The lowest BCUT2D eigenvalue weighted by Crippen LogP contribution is -2.63. The van der Waals surface area contributed by atoms with E-state index in [1.165, 1.54) is 7.11 Å². The van der Waals surface area contributed by atoms with Crippen molar-refractivity contribution < 1.29 is 28.8 Å². The zero-order valence-electron chi connectivity index (χ0n) is 12.5. The molecule has 0 aromatic rings. The summed E-state index contributed by atoms with van der Waals surface area (Å²) in [5.74, 6) is -1.43. The molecule has 0 aliphatic carbocycles. The van der Waals surface area contributed by atoms with Gasteiger partial charge >= 0.3 is 5.97 Å². The van der Waals surface area contributed by atoms with Crippen LogP contribution >= 0.6 is 0 Å². The second-order valence-electron chi connectivity index (χ2n) is 5.60. The van der Waals surface area contributed by atoms with E-state index in [9.17, 15) is 15.2 Å². The van der Waals surface area contributed by atoms with E-state index in [4.69, 9.17) is 14.2 Å². The molecule has 0 unspecified atom stereocenters. The highest BCUT2D eigenvalue weighted by Gasteiger charge is 2.64. The number of carbonyl (C=O) groups excluding carboxylic acids is 1. The first-order valence-corrected chi connectivity index (χ1v) is 6.68. The maximum atomic E-state index is 11.6. The van der Waals surface area contributed by atoms with Crippen LogP contribution in [0.4, 0.5) is 0 Å². The van der Waals surface area contributed by atoms with Crippen molar-refractivity contribution in [2.45, 2.75) is 56.6 Å². The zero-order chi connectivity index (χ0) is 15.8. The van der Waals surface area contributed by atoms with Crippen LogP contribution in [0.2, 0.25) is 0 Å². The van der Waals surface area contributed by atoms with Gasteiger partial charge in [0.25, 0.3) is 0 Å². The number of nitriles is 1. The molecule has 2 aliphatic heterocycles. The van der Waals surface area contributed by atoms with Gasteiger partial charge in [-0.05, 0) is 20.8 Å². The largest absolute Gasteiger partial charge is 0.468 e. The lowest BCUT2D eigenvalue weighted by Gasteiger charge is -2.34. The van der Waals surface area contributed by atoms with Gasteiger partial charge in [0.1, 0.15) is 18.2 Å². The van der Waals surface area contributed by atoms with E-state index in [2.05, 4.69) is 16.1 Å². The van der Waals surface area contributed by atoms with Crippen molar-refractivity contribution in [2.24, 2.45) is 0 Å². The van der Waals surface area contributed by atoms with E-state index in [0.717, 1.165) is 0 Å². The van der Waals surface area contributed by atoms with Crippen molar-refractivity contribution >= 4 is 5.97 Å². The lowest BCUT2D eigenvalue weighted by molar-refractivity contribution is -0.214. The van der Waals surface area contributed by atoms with Gasteiger partial charge < -0.3 is 24.1 Å². The minimum atomic E-state index is -1.40. The van der Waals surface area contributed by atoms with E-state index in [-0.39, 0.29) is 0 Å². The molecule has 8 heteroatoms. The third-order valence-electron chi connectivity index (χ3n) is 3.67. The summed E-state index contributed by atoms with van der Waals surface area (Å²) in [5.41, 5.74) is -1.40. The molecule has 2 N–H and O–H groups in total. The summed E-state index contributed by atoms with van der Waals surface area (Å²) >= 11 is 0. The van der Waals surface area contributed by atoms with Crippen molar-refractivity contribution in [3.8, 4) is 6.07 Å². The monoisotopic (exact) mass is 300 g/mol. The number of esters is 1. The number of methoxy groups -OCH3 is 1. The van der Waals surface area contributed by atoms with Crippen molar-refractivity contribution in [3.05, 3.63) is 0 Å². The highest BCUT2D eigenvalue weighted by atomic mass is 16.8. The molecule has 0 saturated carbocycles. The number of aliphatic hydroxyl groups excluding tert-OH is 1. The number of carbonyl (C=O) groups is 1. The fourth-order valence-corrected chi connectivity index (χ4v) is 2.71. The minimum absolute atomic E-state index is 0.408. The molecule has 118 valence electrons. The molecule has 0 aromatic carbocycles. The average Bonchev–Trinajstić information content (AvgIpc) is 2.89. The SMILES string of the molecule is COC(=O)[C@H](C)N[C@]1(C#N)[C@@H](CO)O[C@@H]2OC(C)(C)O[C@@H]21. The molecule has 0 bridgehead atoms. The van der Waals surface area contributed by atoms with Crippen LogP contribution < -0.4 is 5.32 Å². The number of nitrogens with one attached hydrogen (secondary N) is 1. The van der Waals surface area contributed by atoms with Gasteiger partial charge in [-0.15, -0.1) is 0 Å². The Balaban J connectivity index is 2.29. The Morgan fingerprint density at radius 2 is 2.19 bits per heavy atom. The summed E-state index contributed by atoms with van der Waals surface area (Å²) in [6.45, 7) is 4.56. The van der Waals surface area contributed by atoms with E-state index in [0.29, 0.717) is 0 Å². The Morgan fingerprint density at radius 1 is 1.52 bits per heavy atom. The summed E-state index contributed by atoms with van der Waals surface area (Å²) in [7, 11) is 1.26. The quantitative estimate of drug-likeness (QED) is 0.654. The predicted octanol–water partition coefficient (Wildman–Crippen LogP) is -0.731. The zero-order valence-corrected chi connectivity index (χ0v) is 12.5. The molecule has 0 spiro atoms. The van der Waals surface area contributed by atoms with Crippen LogP contribution in [0.3, 0.4) is 0 Å². The van der Waals surface area contributed by atoms with E-state index in [1.54, 1.807) is 20.8 Å². The topological polar surface area (TPSA) is 110 Å². The van der Waals surface area contributed by atoms with Crippen LogP contribution in [-0.2, 0) is 23.7 Å². The number of aliphatic hydroxyl groups is 1. The van der Waals surface area contributed by atoms with Gasteiger partial charge in [0.05, 0.1) is 19.8 Å². The van der Waals surface area contributed by atoms with Crippen LogP contribution in [0.25, 0.3) is 0 Å². The van der Waals surface area contributed by atoms with Gasteiger partial charge in [-0.1, -0.05) is 0 Å². The first-order chi connectivity index (χ1) is 9.79. The molecular formula is C13H20N2O6. The minimum Gasteiger partial charge on any atom is -0.468 e. The smallest absolute Gasteiger partial charge is 0.322 e. The molecule has 21 heavy (non-hydrogen) atoms. The first-order valence-electron chi connectivity index (χ1n) is 6.68. The van der Waals surface area contributed by atoms with Crippen molar-refractivity contribution in [1.29, 1.82) is 5.26 Å². The molecular weight excluding hydrogens is 280 g/mol. The molecule has 8 nitrogen and oxygen atoms in total. The van der Waals surface area contributed by atoms with E-state index >= 15 is 0 Å². The van der Waals surface area contributed by atoms with Gasteiger partial charge in [-0.25, -0.2) is 0 Å². The summed E-state index contributed by atoms with van der Waals surface area (Å²) < 4.78 is 21.5. The molecule has 0 radical (unpaired) electrons. The third kappa shape index (κ3) is 2.63. The van der Waals surface area contributed by atoms with Crippen LogP contribution in [0.5, 0.6) is 0 Å². The van der Waals surface area contributed by atoms with Crippen LogP contribution in [-0.4, -0.2) is 60.7 Å². The Kier molecular flexibility index (Phi) is 4.24. The van der Waals surface area contributed by atoms with Gasteiger partial charge in [-0.2, -0.15) is 5.26 Å². The molecule has 0 amide bonds. The van der Waals surface area contributed by atoms with Gasteiger partial charge in [0.2, 0.25) is 0 Å². The van der Waals surface area contributed by atoms with Crippen molar-refractivity contribution in [3.63, 3.8) is 0 Å². The molecule has 2 heterocycles. The summed E-state index contributed by atoms with van der Waals surface area (Å²) in [6, 6.07) is 1.32. The summed E-state index contributed by atoms with van der Waals surface area (Å²) in [6.07, 6.45) is -2.42. The maximum Gasteiger partial charge on any atom is 0.322 e. The maximum absolute atomic E-state index is 11.6. The molecule has 2 aliphatic rings. The Labute approximate surface area is 122 Å².